The highest BCUT2D eigenvalue weighted by atomic mass is 19.4. The molecule has 0 bridgehead atoms. The van der Waals surface area contributed by atoms with Crippen LogP contribution in [0.4, 0.5) is 18.0 Å². The number of hydrogen-bond acceptors (Lipinski definition) is 4. The molecule has 7 nitrogen and oxygen atoms in total. The van der Waals surface area contributed by atoms with E-state index in [0.717, 1.165) is 32.7 Å². The maximum atomic E-state index is 11.7. The Bertz CT molecular complexity index is 700. The number of benzene rings is 1. The Morgan fingerprint density at radius 3 is 2.43 bits per heavy atom. The second-order valence-electron chi connectivity index (χ2n) is 7.67. The second-order valence-corrected chi connectivity index (χ2v) is 7.67. The van der Waals surface area contributed by atoms with Crippen molar-refractivity contribution in [2.75, 3.05) is 46.9 Å². The Hall–Kier alpha value is -2.33. The van der Waals surface area contributed by atoms with Crippen LogP contribution in [0.5, 0.6) is 0 Å². The van der Waals surface area contributed by atoms with Crippen molar-refractivity contribution in [3.8, 4) is 0 Å². The number of carbonyl (C=O) groups excluding carboxylic acids is 1. The number of nitrogens with zero attached hydrogens (tertiary/aromatic N) is 2. The Labute approximate surface area is 173 Å². The van der Waals surface area contributed by atoms with Gasteiger partial charge in [0.25, 0.3) is 0 Å². The number of hydrogen-bond donors (Lipinski definition) is 2. The first kappa shape index (κ1) is 23.9. The van der Waals surface area contributed by atoms with Crippen LogP contribution in [-0.4, -0.2) is 86.1 Å². The lowest BCUT2D eigenvalue weighted by Gasteiger charge is -2.21. The number of carboxylic acid groups (broad SMARTS) is 1. The zero-order chi connectivity index (χ0) is 22.3. The topological polar surface area (TPSA) is 82.1 Å². The highest BCUT2D eigenvalue weighted by molar-refractivity contribution is 5.73. The van der Waals surface area contributed by atoms with E-state index < -0.39 is 12.1 Å². The van der Waals surface area contributed by atoms with Crippen LogP contribution in [-0.2, 0) is 16.0 Å². The number of rotatable bonds is 5. The average Bonchev–Trinajstić information content (AvgIpc) is 3.25. The van der Waals surface area contributed by atoms with Crippen molar-refractivity contribution in [3.05, 3.63) is 35.9 Å². The Morgan fingerprint density at radius 1 is 1.23 bits per heavy atom. The minimum absolute atomic E-state index is 0.0209. The van der Waals surface area contributed by atoms with Crippen LogP contribution in [0, 0.1) is 11.8 Å². The van der Waals surface area contributed by atoms with E-state index in [2.05, 4.69) is 40.5 Å². The smallest absolute Gasteiger partial charge is 0.475 e. The van der Waals surface area contributed by atoms with Crippen molar-refractivity contribution in [1.29, 1.82) is 0 Å². The number of halogens is 3. The quantitative estimate of drug-likeness (QED) is 0.746. The predicted molar refractivity (Wildman–Crippen MR) is 104 cm³/mol. The summed E-state index contributed by atoms with van der Waals surface area (Å²) < 4.78 is 37.7. The molecule has 30 heavy (non-hydrogen) atoms. The number of carbonyl (C=O) groups is 2. The molecule has 0 saturated carbocycles. The van der Waals surface area contributed by atoms with Gasteiger partial charge in [-0.05, 0) is 12.0 Å². The van der Waals surface area contributed by atoms with Gasteiger partial charge in [0.15, 0.2) is 0 Å². The van der Waals surface area contributed by atoms with Crippen LogP contribution in [0.15, 0.2) is 30.3 Å². The standard InChI is InChI=1S/C18H27N3O2.C2HF3O2/c1-20(2)18(22)19-10-15-13-23-17-12-21(11-16(15)17)9-8-14-6-4-3-5-7-14;3-2(4,5)1(6)7/h3-7,15-17H,8-13H2,1-2H3,(H,19,22);(H,6,7)/t15-,16+,17+;/m0./s1. The van der Waals surface area contributed by atoms with Gasteiger partial charge in [-0.1, -0.05) is 30.3 Å². The summed E-state index contributed by atoms with van der Waals surface area (Å²) in [5, 5.41) is 10.1. The van der Waals surface area contributed by atoms with Crippen LogP contribution in [0.25, 0.3) is 0 Å². The Balaban J connectivity index is 0.000000396. The SMILES string of the molecule is CN(C)C(=O)NC[C@H]1CO[C@@H]2CN(CCc3ccccc3)C[C@H]12.O=C(O)C(F)(F)F. The molecule has 1 aromatic carbocycles. The van der Waals surface area contributed by atoms with Crippen molar-refractivity contribution in [3.63, 3.8) is 0 Å². The lowest BCUT2D eigenvalue weighted by atomic mass is 9.93. The summed E-state index contributed by atoms with van der Waals surface area (Å²) in [5.74, 6) is -1.77. The van der Waals surface area contributed by atoms with Crippen molar-refractivity contribution in [2.45, 2.75) is 18.7 Å². The monoisotopic (exact) mass is 431 g/mol. The number of aliphatic carboxylic acids is 1. The molecule has 0 spiro atoms. The zero-order valence-corrected chi connectivity index (χ0v) is 17.1. The van der Waals surface area contributed by atoms with Crippen molar-refractivity contribution < 1.29 is 32.6 Å². The van der Waals surface area contributed by atoms with Crippen LogP contribution in [0.2, 0.25) is 0 Å². The third-order valence-corrected chi connectivity index (χ3v) is 5.24. The summed E-state index contributed by atoms with van der Waals surface area (Å²) in [5.41, 5.74) is 1.39. The van der Waals surface area contributed by atoms with Gasteiger partial charge in [0.05, 0.1) is 12.7 Å². The lowest BCUT2D eigenvalue weighted by Crippen LogP contribution is -2.39. The number of ether oxygens (including phenoxy) is 1. The summed E-state index contributed by atoms with van der Waals surface area (Å²) in [6.45, 7) is 4.67. The highest BCUT2D eigenvalue weighted by Crippen LogP contribution is 2.33. The molecule has 0 aliphatic carbocycles. The molecule has 2 amide bonds. The second kappa shape index (κ2) is 10.6. The third-order valence-electron chi connectivity index (χ3n) is 5.24. The van der Waals surface area contributed by atoms with Crippen LogP contribution in [0.3, 0.4) is 0 Å². The summed E-state index contributed by atoms with van der Waals surface area (Å²) in [7, 11) is 3.54. The van der Waals surface area contributed by atoms with Gasteiger partial charge >= 0.3 is 18.2 Å². The summed E-state index contributed by atoms with van der Waals surface area (Å²) in [6, 6.07) is 10.6. The number of likely N-dealkylation sites (tertiary alicyclic amines) is 1. The molecule has 2 N–H and O–H groups in total. The van der Waals surface area contributed by atoms with Gasteiger partial charge in [0, 0.05) is 52.1 Å². The Kier molecular flexibility index (Phi) is 8.48. The van der Waals surface area contributed by atoms with Crippen LogP contribution < -0.4 is 5.32 Å². The van der Waals surface area contributed by atoms with E-state index in [9.17, 15) is 18.0 Å². The van der Waals surface area contributed by atoms with Gasteiger partial charge in [-0.2, -0.15) is 13.2 Å². The zero-order valence-electron chi connectivity index (χ0n) is 17.1. The highest BCUT2D eigenvalue weighted by Gasteiger charge is 2.43. The predicted octanol–water partition coefficient (Wildman–Crippen LogP) is 2.08. The molecule has 0 radical (unpaired) electrons. The first-order chi connectivity index (χ1) is 14.1. The van der Waals surface area contributed by atoms with E-state index in [1.807, 2.05) is 0 Å². The average molecular weight is 431 g/mol. The maximum absolute atomic E-state index is 11.7. The van der Waals surface area contributed by atoms with Gasteiger partial charge in [-0.15, -0.1) is 0 Å². The molecule has 2 aliphatic rings. The number of nitrogens with one attached hydrogen (secondary N) is 1. The van der Waals surface area contributed by atoms with Gasteiger partial charge in [-0.25, -0.2) is 9.59 Å². The molecule has 2 heterocycles. The van der Waals surface area contributed by atoms with Crippen LogP contribution >= 0.6 is 0 Å². The molecule has 1 aromatic rings. The van der Waals surface area contributed by atoms with E-state index in [-0.39, 0.29) is 6.03 Å². The number of urea groups is 1. The first-order valence-electron chi connectivity index (χ1n) is 9.71. The number of carboxylic acids is 1. The minimum Gasteiger partial charge on any atom is -0.475 e. The number of alkyl halides is 3. The normalized spacial score (nSPS) is 23.3. The van der Waals surface area contributed by atoms with Gasteiger partial charge in [0.2, 0.25) is 0 Å². The molecule has 3 rings (SSSR count). The van der Waals surface area contributed by atoms with E-state index in [4.69, 9.17) is 14.6 Å². The molecular formula is C20H28F3N3O4. The molecule has 3 atom stereocenters. The van der Waals surface area contributed by atoms with Crippen molar-refractivity contribution in [2.24, 2.45) is 11.8 Å². The molecule has 0 aromatic heterocycles. The molecule has 2 fully saturated rings. The molecule has 10 heteroatoms. The largest absolute Gasteiger partial charge is 0.490 e. The lowest BCUT2D eigenvalue weighted by molar-refractivity contribution is -0.192. The molecular weight excluding hydrogens is 403 g/mol. The van der Waals surface area contributed by atoms with Gasteiger partial charge in [-0.3, -0.25) is 0 Å². The fourth-order valence-corrected chi connectivity index (χ4v) is 3.58. The van der Waals surface area contributed by atoms with E-state index in [1.54, 1.807) is 19.0 Å². The summed E-state index contributed by atoms with van der Waals surface area (Å²) in [4.78, 5) is 24.7. The molecule has 0 unspecified atom stereocenters. The van der Waals surface area contributed by atoms with Gasteiger partial charge in [0.1, 0.15) is 0 Å². The fraction of sp³-hybridized carbons (Fsp3) is 0.600. The molecule has 2 aliphatic heterocycles. The third kappa shape index (κ3) is 7.17. The van der Waals surface area contributed by atoms with Gasteiger partial charge < -0.3 is 25.0 Å². The number of fused-ring (bicyclic) bond motifs is 1. The number of amides is 2. The Morgan fingerprint density at radius 2 is 1.87 bits per heavy atom. The molecule has 2 saturated heterocycles. The van der Waals surface area contributed by atoms with Crippen LogP contribution in [0.1, 0.15) is 5.56 Å². The van der Waals surface area contributed by atoms with Crippen molar-refractivity contribution >= 4 is 12.0 Å². The van der Waals surface area contributed by atoms with E-state index >= 15 is 0 Å². The van der Waals surface area contributed by atoms with Crippen molar-refractivity contribution in [1.82, 2.24) is 15.1 Å². The minimum atomic E-state index is -5.08. The summed E-state index contributed by atoms with van der Waals surface area (Å²) in [6.07, 6.45) is -3.66. The fourth-order valence-electron chi connectivity index (χ4n) is 3.58. The maximum Gasteiger partial charge on any atom is 0.490 e. The van der Waals surface area contributed by atoms with E-state index in [1.165, 1.54) is 5.56 Å². The summed E-state index contributed by atoms with van der Waals surface area (Å²) >= 11 is 0. The first-order valence-corrected chi connectivity index (χ1v) is 9.71. The van der Waals surface area contributed by atoms with E-state index in [0.29, 0.717) is 24.5 Å². The molecule has 168 valence electrons.